The van der Waals surface area contributed by atoms with Gasteiger partial charge in [-0.3, -0.25) is 0 Å². The van der Waals surface area contributed by atoms with E-state index in [0.29, 0.717) is 0 Å². The summed E-state index contributed by atoms with van der Waals surface area (Å²) in [6.45, 7) is 6.28. The van der Waals surface area contributed by atoms with Gasteiger partial charge in [-0.25, -0.2) is 0 Å². The highest BCUT2D eigenvalue weighted by atomic mass is 14.9. The lowest BCUT2D eigenvalue weighted by atomic mass is 10.1. The van der Waals surface area contributed by atoms with Crippen LogP contribution >= 0.6 is 0 Å². The van der Waals surface area contributed by atoms with Crippen molar-refractivity contribution in [2.24, 2.45) is 5.73 Å². The number of anilines is 1. The Bertz CT molecular complexity index is 304. The Kier molecular flexibility index (Phi) is 2.96. The fourth-order valence-corrected chi connectivity index (χ4v) is 1.54. The van der Waals surface area contributed by atoms with Gasteiger partial charge in [0.2, 0.25) is 0 Å². The van der Waals surface area contributed by atoms with E-state index >= 15 is 0 Å². The van der Waals surface area contributed by atoms with Gasteiger partial charge in [0.15, 0.2) is 0 Å². The molecule has 0 radical (unpaired) electrons. The first kappa shape index (κ1) is 9.65. The molecule has 0 saturated carbocycles. The molecule has 1 aromatic rings. The maximum absolute atomic E-state index is 5.26. The minimum atomic E-state index is 1.15. The van der Waals surface area contributed by atoms with Crippen LogP contribution in [-0.4, -0.2) is 0 Å². The highest BCUT2D eigenvalue weighted by molar-refractivity contribution is 5.59. The molecule has 0 heterocycles. The SMILES string of the molecule is Cc1cc(C)c(N/C=C\N)c(C)c1. The van der Waals surface area contributed by atoms with E-state index in [4.69, 9.17) is 5.73 Å². The van der Waals surface area contributed by atoms with E-state index in [1.165, 1.54) is 22.9 Å². The molecule has 0 aliphatic heterocycles. The van der Waals surface area contributed by atoms with E-state index in [0.717, 1.165) is 5.69 Å². The highest BCUT2D eigenvalue weighted by Gasteiger charge is 2.00. The first-order chi connectivity index (χ1) is 6.15. The maximum atomic E-state index is 5.26. The van der Waals surface area contributed by atoms with Gasteiger partial charge in [-0.2, -0.15) is 0 Å². The van der Waals surface area contributed by atoms with Gasteiger partial charge in [-0.15, -0.1) is 0 Å². The number of nitrogens with two attached hydrogens (primary N) is 1. The fraction of sp³-hybridized carbons (Fsp3) is 0.273. The van der Waals surface area contributed by atoms with Crippen LogP contribution in [-0.2, 0) is 0 Å². The lowest BCUT2D eigenvalue weighted by Gasteiger charge is -2.10. The van der Waals surface area contributed by atoms with Gasteiger partial charge in [0.05, 0.1) is 0 Å². The number of aryl methyl sites for hydroxylation is 3. The molecule has 0 aromatic heterocycles. The van der Waals surface area contributed by atoms with Crippen LogP contribution in [0, 0.1) is 20.8 Å². The van der Waals surface area contributed by atoms with Crippen molar-refractivity contribution in [2.75, 3.05) is 5.32 Å². The van der Waals surface area contributed by atoms with Crippen molar-refractivity contribution in [3.05, 3.63) is 41.2 Å². The molecule has 13 heavy (non-hydrogen) atoms. The molecule has 1 aromatic carbocycles. The van der Waals surface area contributed by atoms with Crippen LogP contribution in [0.2, 0.25) is 0 Å². The largest absolute Gasteiger partial charge is 0.403 e. The van der Waals surface area contributed by atoms with Crippen molar-refractivity contribution >= 4 is 5.69 Å². The van der Waals surface area contributed by atoms with Gasteiger partial charge in [0.1, 0.15) is 0 Å². The quantitative estimate of drug-likeness (QED) is 0.726. The first-order valence-corrected chi connectivity index (χ1v) is 4.36. The van der Waals surface area contributed by atoms with Crippen LogP contribution in [0.3, 0.4) is 0 Å². The summed E-state index contributed by atoms with van der Waals surface area (Å²) in [5.74, 6) is 0. The average molecular weight is 176 g/mol. The smallest absolute Gasteiger partial charge is 0.0439 e. The summed E-state index contributed by atoms with van der Waals surface area (Å²) >= 11 is 0. The van der Waals surface area contributed by atoms with Crippen LogP contribution < -0.4 is 11.1 Å². The summed E-state index contributed by atoms with van der Waals surface area (Å²) in [5, 5.41) is 3.15. The van der Waals surface area contributed by atoms with Crippen molar-refractivity contribution in [3.8, 4) is 0 Å². The van der Waals surface area contributed by atoms with E-state index in [-0.39, 0.29) is 0 Å². The molecule has 2 heteroatoms. The third kappa shape index (κ3) is 2.25. The normalized spacial score (nSPS) is 10.7. The number of hydrogen-bond donors (Lipinski definition) is 2. The Morgan fingerprint density at radius 3 is 2.15 bits per heavy atom. The van der Waals surface area contributed by atoms with Crippen molar-refractivity contribution in [1.82, 2.24) is 0 Å². The third-order valence-corrected chi connectivity index (χ3v) is 2.00. The number of nitrogens with one attached hydrogen (secondary N) is 1. The second-order valence-corrected chi connectivity index (χ2v) is 3.28. The zero-order valence-electron chi connectivity index (χ0n) is 8.39. The molecule has 0 bridgehead atoms. The Morgan fingerprint density at radius 1 is 1.15 bits per heavy atom. The number of benzene rings is 1. The van der Waals surface area contributed by atoms with Gasteiger partial charge >= 0.3 is 0 Å². The molecule has 0 aliphatic carbocycles. The highest BCUT2D eigenvalue weighted by Crippen LogP contribution is 2.21. The monoisotopic (exact) mass is 176 g/mol. The zero-order chi connectivity index (χ0) is 9.84. The Morgan fingerprint density at radius 2 is 1.69 bits per heavy atom. The van der Waals surface area contributed by atoms with Crippen molar-refractivity contribution < 1.29 is 0 Å². The molecule has 0 aliphatic rings. The average Bonchev–Trinajstić information content (AvgIpc) is 2.02. The summed E-state index contributed by atoms with van der Waals surface area (Å²) in [6, 6.07) is 4.30. The molecule has 0 amide bonds. The Hall–Kier alpha value is -1.44. The van der Waals surface area contributed by atoms with Crippen molar-refractivity contribution in [1.29, 1.82) is 0 Å². The van der Waals surface area contributed by atoms with Crippen LogP contribution in [0.4, 0.5) is 5.69 Å². The molecule has 70 valence electrons. The molecule has 0 fully saturated rings. The summed E-state index contributed by atoms with van der Waals surface area (Å²) < 4.78 is 0. The van der Waals surface area contributed by atoms with Gasteiger partial charge in [0, 0.05) is 18.1 Å². The Balaban J connectivity index is 3.05. The van der Waals surface area contributed by atoms with Crippen LogP contribution in [0.25, 0.3) is 0 Å². The summed E-state index contributed by atoms with van der Waals surface area (Å²) in [6.07, 6.45) is 3.24. The summed E-state index contributed by atoms with van der Waals surface area (Å²) in [4.78, 5) is 0. The predicted octanol–water partition coefficient (Wildman–Crippen LogP) is 2.45. The molecule has 0 unspecified atom stereocenters. The van der Waals surface area contributed by atoms with Gasteiger partial charge in [0.25, 0.3) is 0 Å². The lowest BCUT2D eigenvalue weighted by Crippen LogP contribution is -1.96. The van der Waals surface area contributed by atoms with Crippen LogP contribution in [0.5, 0.6) is 0 Å². The minimum Gasteiger partial charge on any atom is -0.403 e. The second kappa shape index (κ2) is 3.99. The minimum absolute atomic E-state index is 1.15. The van der Waals surface area contributed by atoms with Gasteiger partial charge < -0.3 is 11.1 Å². The molecular formula is C11H16N2. The topological polar surface area (TPSA) is 38.0 Å². The summed E-state index contributed by atoms with van der Waals surface area (Å²) in [5.41, 5.74) is 10.2. The lowest BCUT2D eigenvalue weighted by molar-refractivity contribution is 1.31. The molecular weight excluding hydrogens is 160 g/mol. The number of rotatable bonds is 2. The van der Waals surface area contributed by atoms with Crippen molar-refractivity contribution in [3.63, 3.8) is 0 Å². The third-order valence-electron chi connectivity index (χ3n) is 2.00. The number of hydrogen-bond acceptors (Lipinski definition) is 2. The zero-order valence-corrected chi connectivity index (χ0v) is 8.39. The van der Waals surface area contributed by atoms with Crippen LogP contribution in [0.15, 0.2) is 24.5 Å². The van der Waals surface area contributed by atoms with E-state index in [1.807, 2.05) is 0 Å². The maximum Gasteiger partial charge on any atom is 0.0439 e. The van der Waals surface area contributed by atoms with Crippen LogP contribution in [0.1, 0.15) is 16.7 Å². The van der Waals surface area contributed by atoms with E-state index < -0.39 is 0 Å². The van der Waals surface area contributed by atoms with Gasteiger partial charge in [-0.05, 0) is 31.9 Å². The Labute approximate surface area is 79.5 Å². The van der Waals surface area contributed by atoms with E-state index in [2.05, 4.69) is 38.2 Å². The standard InChI is InChI=1S/C11H16N2/c1-8-6-9(2)11(10(3)7-8)13-5-4-12/h4-7,13H,12H2,1-3H3/b5-4-. The van der Waals surface area contributed by atoms with E-state index in [9.17, 15) is 0 Å². The first-order valence-electron chi connectivity index (χ1n) is 4.36. The fourth-order valence-electron chi connectivity index (χ4n) is 1.54. The second-order valence-electron chi connectivity index (χ2n) is 3.28. The molecule has 0 atom stereocenters. The van der Waals surface area contributed by atoms with E-state index in [1.54, 1.807) is 6.20 Å². The summed E-state index contributed by atoms with van der Waals surface area (Å²) in [7, 11) is 0. The molecule has 1 rings (SSSR count). The molecule has 0 saturated heterocycles. The predicted molar refractivity (Wildman–Crippen MR) is 57.6 cm³/mol. The molecule has 2 nitrogen and oxygen atoms in total. The van der Waals surface area contributed by atoms with Gasteiger partial charge in [-0.1, -0.05) is 17.7 Å². The van der Waals surface area contributed by atoms with Crippen molar-refractivity contribution in [2.45, 2.75) is 20.8 Å². The molecule has 0 spiro atoms. The molecule has 3 N–H and O–H groups in total.